The summed E-state index contributed by atoms with van der Waals surface area (Å²) in [5.41, 5.74) is 3.28. The Balaban J connectivity index is 2.39. The van der Waals surface area contributed by atoms with E-state index >= 15 is 0 Å². The molecule has 1 aliphatic heterocycles. The van der Waals surface area contributed by atoms with Gasteiger partial charge in [0.1, 0.15) is 6.61 Å². The molecule has 1 aliphatic rings. The monoisotopic (exact) mass is 308 g/mol. The Hall–Kier alpha value is -2.28. The van der Waals surface area contributed by atoms with Gasteiger partial charge >= 0.3 is 0 Å². The molecule has 0 bridgehead atoms. The fraction of sp³-hybridized carbons (Fsp3) is 0.467. The minimum absolute atomic E-state index is 0.0964. The first-order valence-electron chi connectivity index (χ1n) is 7.04. The van der Waals surface area contributed by atoms with Crippen LogP contribution in [-0.2, 0) is 16.0 Å². The summed E-state index contributed by atoms with van der Waals surface area (Å²) in [6.07, 6.45) is 1.77. The van der Waals surface area contributed by atoms with Gasteiger partial charge in [0.25, 0.3) is 5.91 Å². The highest BCUT2D eigenvalue weighted by Gasteiger charge is 2.27. The molecular weight excluding hydrogens is 288 g/mol. The summed E-state index contributed by atoms with van der Waals surface area (Å²) in [6.45, 7) is 2.17. The van der Waals surface area contributed by atoms with Crippen LogP contribution >= 0.6 is 0 Å². The predicted molar refractivity (Wildman–Crippen MR) is 79.7 cm³/mol. The van der Waals surface area contributed by atoms with Gasteiger partial charge in [-0.05, 0) is 24.1 Å². The molecule has 7 nitrogen and oxygen atoms in total. The van der Waals surface area contributed by atoms with Gasteiger partial charge in [0.2, 0.25) is 5.90 Å². The number of nitrogens with one attached hydrogen (secondary N) is 1. The van der Waals surface area contributed by atoms with Crippen molar-refractivity contribution in [2.24, 2.45) is 4.99 Å². The molecule has 1 aromatic carbocycles. The zero-order valence-corrected chi connectivity index (χ0v) is 12.9. The highest BCUT2D eigenvalue weighted by Crippen LogP contribution is 2.34. The Morgan fingerprint density at radius 1 is 1.45 bits per heavy atom. The van der Waals surface area contributed by atoms with E-state index in [1.807, 2.05) is 6.07 Å². The summed E-state index contributed by atoms with van der Waals surface area (Å²) in [5, 5.41) is 8.66. The van der Waals surface area contributed by atoms with Gasteiger partial charge < -0.3 is 14.2 Å². The third kappa shape index (κ3) is 3.14. The lowest BCUT2D eigenvalue weighted by Crippen LogP contribution is -2.31. The van der Waals surface area contributed by atoms with E-state index in [1.165, 1.54) is 0 Å². The number of rotatable bonds is 6. The Morgan fingerprint density at radius 3 is 2.82 bits per heavy atom. The quantitative estimate of drug-likeness (QED) is 0.611. The summed E-state index contributed by atoms with van der Waals surface area (Å²) < 4.78 is 16.2. The molecule has 0 spiro atoms. The van der Waals surface area contributed by atoms with Crippen LogP contribution in [0.3, 0.4) is 0 Å². The third-order valence-corrected chi connectivity index (χ3v) is 3.39. The Kier molecular flexibility index (Phi) is 5.21. The first kappa shape index (κ1) is 16.1. The van der Waals surface area contributed by atoms with Crippen molar-refractivity contribution in [1.82, 2.24) is 5.48 Å². The van der Waals surface area contributed by atoms with E-state index in [2.05, 4.69) is 11.9 Å². The molecule has 0 fully saturated rings. The van der Waals surface area contributed by atoms with Crippen LogP contribution in [-0.4, -0.2) is 43.9 Å². The van der Waals surface area contributed by atoms with Crippen molar-refractivity contribution in [2.45, 2.75) is 25.8 Å². The number of aryl methyl sites for hydroxylation is 1. The number of hydrogen-bond donors (Lipinski definition) is 2. The summed E-state index contributed by atoms with van der Waals surface area (Å²) in [7, 11) is 3.17. The van der Waals surface area contributed by atoms with Gasteiger partial charge in [-0.2, -0.15) is 0 Å². The number of aliphatic imine (C=N–C) groups is 1. The number of benzene rings is 1. The maximum atomic E-state index is 11.4. The molecule has 1 heterocycles. The summed E-state index contributed by atoms with van der Waals surface area (Å²) >= 11 is 0. The van der Waals surface area contributed by atoms with E-state index in [1.54, 1.807) is 25.8 Å². The largest absolute Gasteiger partial charge is 0.493 e. The number of carbonyl (C=O) groups excluding carboxylic acids is 1. The number of nitrogens with zero attached hydrogens (tertiary/aromatic N) is 1. The molecule has 2 rings (SSSR count). The second-order valence-electron chi connectivity index (χ2n) is 4.86. The van der Waals surface area contributed by atoms with Gasteiger partial charge in [-0.3, -0.25) is 10.0 Å². The van der Waals surface area contributed by atoms with Crippen LogP contribution in [0.25, 0.3) is 0 Å². The lowest BCUT2D eigenvalue weighted by atomic mass is 10.0. The van der Waals surface area contributed by atoms with E-state index < -0.39 is 11.9 Å². The van der Waals surface area contributed by atoms with Crippen molar-refractivity contribution in [3.63, 3.8) is 0 Å². The van der Waals surface area contributed by atoms with Crippen molar-refractivity contribution in [3.8, 4) is 11.5 Å². The molecule has 0 aromatic heterocycles. The number of ether oxygens (including phenoxy) is 3. The number of methoxy groups -OCH3 is 2. The molecule has 1 unspecified atom stereocenters. The maximum Gasteiger partial charge on any atom is 0.271 e. The Labute approximate surface area is 128 Å². The van der Waals surface area contributed by atoms with Gasteiger partial charge in [0, 0.05) is 5.56 Å². The molecule has 0 radical (unpaired) electrons. The smallest absolute Gasteiger partial charge is 0.271 e. The number of carbonyl (C=O) groups is 1. The fourth-order valence-electron chi connectivity index (χ4n) is 2.36. The van der Waals surface area contributed by atoms with E-state index in [0.717, 1.165) is 18.4 Å². The van der Waals surface area contributed by atoms with Crippen LogP contribution in [0.5, 0.6) is 11.5 Å². The fourth-order valence-corrected chi connectivity index (χ4v) is 2.36. The van der Waals surface area contributed by atoms with Gasteiger partial charge in [-0.15, -0.1) is 0 Å². The van der Waals surface area contributed by atoms with E-state index in [-0.39, 0.29) is 6.61 Å². The molecule has 2 N–H and O–H groups in total. The van der Waals surface area contributed by atoms with Crippen LogP contribution in [0, 0.1) is 0 Å². The second kappa shape index (κ2) is 7.13. The first-order chi connectivity index (χ1) is 10.6. The van der Waals surface area contributed by atoms with Crippen LogP contribution < -0.4 is 15.0 Å². The van der Waals surface area contributed by atoms with Crippen molar-refractivity contribution in [1.29, 1.82) is 0 Å². The van der Waals surface area contributed by atoms with Crippen LogP contribution in [0.2, 0.25) is 0 Å². The standard InChI is InChI=1S/C15H20N2O5/c1-4-5-9-6-10(7-12(20-2)13(9)21-3)15-16-11(8-22-15)14(18)17-19/h6-7,11,19H,4-5,8H2,1-3H3,(H,17,18). The van der Waals surface area contributed by atoms with Gasteiger partial charge in [0.15, 0.2) is 17.5 Å². The third-order valence-electron chi connectivity index (χ3n) is 3.39. The molecule has 7 heteroatoms. The van der Waals surface area contributed by atoms with E-state index in [4.69, 9.17) is 19.4 Å². The van der Waals surface area contributed by atoms with Crippen molar-refractivity contribution in [3.05, 3.63) is 23.3 Å². The minimum atomic E-state index is -0.747. The molecule has 0 aliphatic carbocycles. The SMILES string of the molecule is CCCc1cc(C2=NC(C(=O)NO)CO2)cc(OC)c1OC. The first-order valence-corrected chi connectivity index (χ1v) is 7.04. The van der Waals surface area contributed by atoms with Crippen molar-refractivity contribution >= 4 is 11.8 Å². The van der Waals surface area contributed by atoms with Gasteiger partial charge in [-0.1, -0.05) is 13.3 Å². The molecule has 1 amide bonds. The molecule has 1 aromatic rings. The summed E-state index contributed by atoms with van der Waals surface area (Å²) in [6, 6.07) is 2.93. The van der Waals surface area contributed by atoms with Crippen LogP contribution in [0.4, 0.5) is 0 Å². The average Bonchev–Trinajstić information content (AvgIpc) is 3.03. The number of hydroxylamine groups is 1. The van der Waals surface area contributed by atoms with Crippen LogP contribution in [0.1, 0.15) is 24.5 Å². The summed E-state index contributed by atoms with van der Waals surface area (Å²) in [4.78, 5) is 15.6. The lowest BCUT2D eigenvalue weighted by Gasteiger charge is -2.14. The molecule has 22 heavy (non-hydrogen) atoms. The normalized spacial score (nSPS) is 16.7. The predicted octanol–water partition coefficient (Wildman–Crippen LogP) is 1.31. The second-order valence-corrected chi connectivity index (χ2v) is 4.86. The number of amides is 1. The van der Waals surface area contributed by atoms with Gasteiger partial charge in [0.05, 0.1) is 14.2 Å². The van der Waals surface area contributed by atoms with Crippen LogP contribution in [0.15, 0.2) is 17.1 Å². The molecule has 1 atom stereocenters. The topological polar surface area (TPSA) is 89.4 Å². The molecule has 120 valence electrons. The number of hydrogen-bond acceptors (Lipinski definition) is 6. The molecule has 0 saturated heterocycles. The molecular formula is C15H20N2O5. The zero-order chi connectivity index (χ0) is 16.1. The van der Waals surface area contributed by atoms with Crippen molar-refractivity contribution in [2.75, 3.05) is 20.8 Å². The Morgan fingerprint density at radius 2 is 2.23 bits per heavy atom. The van der Waals surface area contributed by atoms with E-state index in [9.17, 15) is 4.79 Å². The molecule has 0 saturated carbocycles. The highest BCUT2D eigenvalue weighted by molar-refractivity contribution is 5.99. The average molecular weight is 308 g/mol. The lowest BCUT2D eigenvalue weighted by molar-refractivity contribution is -0.130. The summed E-state index contributed by atoms with van der Waals surface area (Å²) in [5.74, 6) is 1.04. The van der Waals surface area contributed by atoms with Gasteiger partial charge in [-0.25, -0.2) is 10.5 Å². The maximum absolute atomic E-state index is 11.4. The zero-order valence-electron chi connectivity index (χ0n) is 12.9. The highest BCUT2D eigenvalue weighted by atomic mass is 16.5. The van der Waals surface area contributed by atoms with E-state index in [0.29, 0.717) is 23.0 Å². The van der Waals surface area contributed by atoms with Crippen molar-refractivity contribution < 1.29 is 24.2 Å². The minimum Gasteiger partial charge on any atom is -0.493 e. The Bertz CT molecular complexity index is 586.